The van der Waals surface area contributed by atoms with Crippen molar-refractivity contribution >= 4 is 17.6 Å². The van der Waals surface area contributed by atoms with Gasteiger partial charge in [-0.05, 0) is 50.5 Å². The van der Waals surface area contributed by atoms with Crippen LogP contribution in [0.5, 0.6) is 5.75 Å². The number of halogens is 1. The topological polar surface area (TPSA) is 66.2 Å². The van der Waals surface area contributed by atoms with Crippen LogP contribution in [0.3, 0.4) is 0 Å². The lowest BCUT2D eigenvalue weighted by Gasteiger charge is -2.24. The summed E-state index contributed by atoms with van der Waals surface area (Å²) in [5.41, 5.74) is 1.97. The van der Waals surface area contributed by atoms with E-state index in [0.29, 0.717) is 18.0 Å². The molecule has 0 saturated heterocycles. The van der Waals surface area contributed by atoms with Crippen LogP contribution in [0.4, 0.5) is 0 Å². The molecule has 1 aliphatic heterocycles. The van der Waals surface area contributed by atoms with Crippen LogP contribution in [-0.4, -0.2) is 27.8 Å². The van der Waals surface area contributed by atoms with Crippen LogP contribution in [0.1, 0.15) is 42.2 Å². The van der Waals surface area contributed by atoms with E-state index in [0.717, 1.165) is 34.9 Å². The van der Waals surface area contributed by atoms with Crippen LogP contribution >= 0.6 is 11.6 Å². The molecule has 0 spiro atoms. The van der Waals surface area contributed by atoms with Gasteiger partial charge in [0.25, 0.3) is 0 Å². The number of esters is 1. The van der Waals surface area contributed by atoms with E-state index in [9.17, 15) is 4.79 Å². The Balaban J connectivity index is 1.80. The summed E-state index contributed by atoms with van der Waals surface area (Å²) >= 11 is 6.08. The number of benzene rings is 1. The maximum Gasteiger partial charge on any atom is 0.309 e. The van der Waals surface area contributed by atoms with Crippen LogP contribution in [0.25, 0.3) is 0 Å². The summed E-state index contributed by atoms with van der Waals surface area (Å²) in [6.07, 6.45) is 1.01. The Hall–Kier alpha value is -2.08. The van der Waals surface area contributed by atoms with Gasteiger partial charge in [-0.2, -0.15) is 0 Å². The Labute approximate surface area is 152 Å². The highest BCUT2D eigenvalue weighted by molar-refractivity contribution is 6.30. The predicted octanol–water partition coefficient (Wildman–Crippen LogP) is 3.42. The van der Waals surface area contributed by atoms with Gasteiger partial charge in [-0.3, -0.25) is 4.79 Å². The van der Waals surface area contributed by atoms with Crippen LogP contribution in [0, 0.1) is 19.8 Å². The van der Waals surface area contributed by atoms with E-state index in [1.54, 1.807) is 0 Å². The van der Waals surface area contributed by atoms with Crippen molar-refractivity contribution < 1.29 is 14.3 Å². The summed E-state index contributed by atoms with van der Waals surface area (Å²) in [5.74, 6) is 2.06. The first-order valence-corrected chi connectivity index (χ1v) is 8.71. The number of aryl methyl sites for hydroxylation is 2. The molecule has 0 fully saturated rings. The summed E-state index contributed by atoms with van der Waals surface area (Å²) in [7, 11) is 1.42. The molecule has 25 heavy (non-hydrogen) atoms. The molecular formula is C18H22ClN3O3. The highest BCUT2D eigenvalue weighted by atomic mass is 35.5. The van der Waals surface area contributed by atoms with Gasteiger partial charge >= 0.3 is 5.97 Å². The molecular weight excluding hydrogens is 342 g/mol. The van der Waals surface area contributed by atoms with Gasteiger partial charge in [0.2, 0.25) is 0 Å². The van der Waals surface area contributed by atoms with Crippen molar-refractivity contribution in [3.8, 4) is 5.75 Å². The molecule has 2 aromatic rings. The van der Waals surface area contributed by atoms with Gasteiger partial charge in [-0.15, -0.1) is 10.2 Å². The monoisotopic (exact) mass is 363 g/mol. The summed E-state index contributed by atoms with van der Waals surface area (Å²) in [5, 5.41) is 9.25. The average Bonchev–Trinajstić information content (AvgIpc) is 3.00. The minimum atomic E-state index is -0.255. The molecule has 2 atom stereocenters. The second kappa shape index (κ2) is 7.04. The number of aromatic nitrogens is 3. The fraction of sp³-hybridized carbons (Fsp3) is 0.500. The number of hydrogen-bond acceptors (Lipinski definition) is 5. The second-order valence-electron chi connectivity index (χ2n) is 6.47. The van der Waals surface area contributed by atoms with E-state index in [2.05, 4.69) is 10.2 Å². The highest BCUT2D eigenvalue weighted by Crippen LogP contribution is 2.32. The van der Waals surface area contributed by atoms with Gasteiger partial charge in [0, 0.05) is 18.0 Å². The fourth-order valence-corrected chi connectivity index (χ4v) is 3.66. The van der Waals surface area contributed by atoms with Crippen molar-refractivity contribution in [2.75, 3.05) is 7.11 Å². The van der Waals surface area contributed by atoms with Crippen molar-refractivity contribution in [2.45, 2.75) is 46.3 Å². The molecule has 0 saturated carbocycles. The predicted molar refractivity (Wildman–Crippen MR) is 93.8 cm³/mol. The molecule has 2 heterocycles. The van der Waals surface area contributed by atoms with E-state index in [1.165, 1.54) is 7.11 Å². The zero-order valence-corrected chi connectivity index (χ0v) is 15.6. The molecule has 0 aliphatic carbocycles. The molecule has 0 N–H and O–H groups in total. The third kappa shape index (κ3) is 3.49. The van der Waals surface area contributed by atoms with E-state index in [1.807, 2.05) is 37.5 Å². The fourth-order valence-electron chi connectivity index (χ4n) is 3.33. The smallest absolute Gasteiger partial charge is 0.309 e. The van der Waals surface area contributed by atoms with E-state index in [4.69, 9.17) is 21.1 Å². The largest absolute Gasteiger partial charge is 0.482 e. The van der Waals surface area contributed by atoms with Crippen molar-refractivity contribution in [1.82, 2.24) is 14.8 Å². The lowest BCUT2D eigenvalue weighted by atomic mass is 9.98. The number of fused-ring (bicyclic) bond motifs is 1. The molecule has 134 valence electrons. The maximum absolute atomic E-state index is 11.7. The Bertz CT molecular complexity index is 780. The number of rotatable bonds is 4. The van der Waals surface area contributed by atoms with Crippen molar-refractivity contribution in [1.29, 1.82) is 0 Å². The number of ether oxygens (including phenoxy) is 2. The number of methoxy groups -OCH3 is 1. The summed E-state index contributed by atoms with van der Waals surface area (Å²) in [6.45, 7) is 6.59. The zero-order chi connectivity index (χ0) is 18.1. The summed E-state index contributed by atoms with van der Waals surface area (Å²) < 4.78 is 13.1. The van der Waals surface area contributed by atoms with Gasteiger partial charge in [0.15, 0.2) is 11.9 Å². The summed E-state index contributed by atoms with van der Waals surface area (Å²) in [4.78, 5) is 11.7. The molecule has 7 heteroatoms. The average molecular weight is 364 g/mol. The number of nitrogens with zero attached hydrogens (tertiary/aromatic N) is 3. The van der Waals surface area contributed by atoms with Crippen LogP contribution in [0.2, 0.25) is 5.02 Å². The van der Waals surface area contributed by atoms with E-state index >= 15 is 0 Å². The Morgan fingerprint density at radius 1 is 1.32 bits per heavy atom. The molecule has 0 radical (unpaired) electrons. The lowest BCUT2D eigenvalue weighted by molar-refractivity contribution is -0.146. The van der Waals surface area contributed by atoms with Gasteiger partial charge in [-0.25, -0.2) is 0 Å². The molecule has 2 unspecified atom stereocenters. The standard InChI is InChI=1S/C18H22ClN3O3/c1-10-7-14(19)8-11(2)16(10)25-12(3)17-21-20-15-9-13(18(23)24-4)5-6-22(15)17/h7-8,12-13H,5-6,9H2,1-4H3. The molecule has 1 aliphatic rings. The zero-order valence-electron chi connectivity index (χ0n) is 14.9. The summed E-state index contributed by atoms with van der Waals surface area (Å²) in [6, 6.07) is 3.77. The van der Waals surface area contributed by atoms with E-state index < -0.39 is 0 Å². The minimum absolute atomic E-state index is 0.147. The number of carbonyl (C=O) groups is 1. The molecule has 0 bridgehead atoms. The van der Waals surface area contributed by atoms with Crippen molar-refractivity contribution in [2.24, 2.45) is 5.92 Å². The number of hydrogen-bond donors (Lipinski definition) is 0. The maximum atomic E-state index is 11.7. The first-order valence-electron chi connectivity index (χ1n) is 8.34. The third-order valence-corrected chi connectivity index (χ3v) is 4.82. The lowest BCUT2D eigenvalue weighted by Crippen LogP contribution is -2.28. The van der Waals surface area contributed by atoms with Crippen LogP contribution in [-0.2, 0) is 22.5 Å². The normalized spacial score (nSPS) is 17.7. The second-order valence-corrected chi connectivity index (χ2v) is 6.90. The third-order valence-electron chi connectivity index (χ3n) is 4.60. The molecule has 3 rings (SSSR count). The van der Waals surface area contributed by atoms with Crippen LogP contribution < -0.4 is 4.74 Å². The molecule has 1 aromatic heterocycles. The van der Waals surface area contributed by atoms with Crippen molar-refractivity contribution in [3.63, 3.8) is 0 Å². The highest BCUT2D eigenvalue weighted by Gasteiger charge is 2.30. The van der Waals surface area contributed by atoms with Gasteiger partial charge < -0.3 is 14.0 Å². The Morgan fingerprint density at radius 2 is 2.00 bits per heavy atom. The quantitative estimate of drug-likeness (QED) is 0.778. The minimum Gasteiger partial charge on any atom is -0.482 e. The van der Waals surface area contributed by atoms with Crippen molar-refractivity contribution in [3.05, 3.63) is 39.9 Å². The van der Waals surface area contributed by atoms with Gasteiger partial charge in [0.1, 0.15) is 11.6 Å². The van der Waals surface area contributed by atoms with Gasteiger partial charge in [0.05, 0.1) is 13.0 Å². The molecule has 0 amide bonds. The first-order chi connectivity index (χ1) is 11.9. The van der Waals surface area contributed by atoms with E-state index in [-0.39, 0.29) is 18.0 Å². The molecule has 1 aromatic carbocycles. The number of carbonyl (C=O) groups excluding carboxylic acids is 1. The van der Waals surface area contributed by atoms with Gasteiger partial charge in [-0.1, -0.05) is 11.6 Å². The first kappa shape index (κ1) is 17.7. The molecule has 6 nitrogen and oxygen atoms in total. The SMILES string of the molecule is COC(=O)C1CCn2c(nnc2C(C)Oc2c(C)cc(Cl)cc2C)C1. The Morgan fingerprint density at radius 3 is 2.64 bits per heavy atom. The Kier molecular flexibility index (Phi) is 4.99. The van der Waals surface area contributed by atoms with Crippen LogP contribution in [0.15, 0.2) is 12.1 Å².